The van der Waals surface area contributed by atoms with E-state index in [2.05, 4.69) is 10.3 Å². The van der Waals surface area contributed by atoms with Crippen LogP contribution in [0.2, 0.25) is 0 Å². The number of aryl methyl sites for hydroxylation is 1. The molecule has 1 aromatic heterocycles. The van der Waals surface area contributed by atoms with Crippen molar-refractivity contribution in [3.05, 3.63) is 57.8 Å². The first-order valence-corrected chi connectivity index (χ1v) is 5.76. The molecule has 0 aliphatic heterocycles. The molecule has 7 heteroatoms. The molecule has 0 bridgehead atoms. The van der Waals surface area contributed by atoms with Gasteiger partial charge in [-0.2, -0.15) is 0 Å². The molecule has 1 heterocycles. The summed E-state index contributed by atoms with van der Waals surface area (Å²) in [6.07, 6.45) is 0. The molecular formula is C13H12N4O3. The van der Waals surface area contributed by atoms with Gasteiger partial charge in [-0.15, -0.1) is 0 Å². The number of amides is 1. The number of carbonyl (C=O) groups excluding carboxylic acids is 1. The van der Waals surface area contributed by atoms with Gasteiger partial charge in [0, 0.05) is 17.3 Å². The van der Waals surface area contributed by atoms with Crippen LogP contribution in [-0.2, 0) is 0 Å². The highest BCUT2D eigenvalue weighted by molar-refractivity contribution is 6.03. The third-order valence-electron chi connectivity index (χ3n) is 2.67. The summed E-state index contributed by atoms with van der Waals surface area (Å²) in [5, 5.41) is 13.4. The Balaban J connectivity index is 2.24. The minimum Gasteiger partial charge on any atom is -0.384 e. The summed E-state index contributed by atoms with van der Waals surface area (Å²) in [5.74, 6) is -0.247. The van der Waals surface area contributed by atoms with Crippen molar-refractivity contribution < 1.29 is 9.72 Å². The molecule has 2 aromatic rings. The number of pyridine rings is 1. The van der Waals surface area contributed by atoms with Gasteiger partial charge >= 0.3 is 0 Å². The smallest absolute Gasteiger partial charge is 0.274 e. The maximum Gasteiger partial charge on any atom is 0.274 e. The molecule has 102 valence electrons. The van der Waals surface area contributed by atoms with Crippen molar-refractivity contribution in [1.82, 2.24) is 4.98 Å². The second-order valence-electron chi connectivity index (χ2n) is 4.16. The summed E-state index contributed by atoms with van der Waals surface area (Å²) < 4.78 is 0. The van der Waals surface area contributed by atoms with Gasteiger partial charge in [0.05, 0.1) is 4.92 Å². The van der Waals surface area contributed by atoms with E-state index in [1.165, 1.54) is 12.1 Å². The lowest BCUT2D eigenvalue weighted by Gasteiger charge is -2.06. The maximum atomic E-state index is 11.9. The van der Waals surface area contributed by atoms with Gasteiger partial charge in [0.25, 0.3) is 11.6 Å². The third-order valence-corrected chi connectivity index (χ3v) is 2.67. The summed E-state index contributed by atoms with van der Waals surface area (Å²) in [4.78, 5) is 26.2. The molecule has 1 aromatic carbocycles. The number of rotatable bonds is 3. The summed E-state index contributed by atoms with van der Waals surface area (Å²) >= 11 is 0. The molecule has 0 atom stereocenters. The number of nitrogens with one attached hydrogen (secondary N) is 1. The number of benzene rings is 1. The number of hydrogen-bond acceptors (Lipinski definition) is 5. The van der Waals surface area contributed by atoms with E-state index in [9.17, 15) is 14.9 Å². The highest BCUT2D eigenvalue weighted by atomic mass is 16.6. The van der Waals surface area contributed by atoms with Crippen LogP contribution >= 0.6 is 0 Å². The number of aromatic nitrogens is 1. The standard InChI is InChI=1S/C13H12N4O3/c1-8-5-6-9(7-11(8)17(19)20)15-13(18)10-3-2-4-12(14)16-10/h2-7H,1H3,(H2,14,16)(H,15,18). The molecule has 0 saturated heterocycles. The molecule has 0 aliphatic carbocycles. The predicted octanol–water partition coefficient (Wildman–Crippen LogP) is 2.13. The van der Waals surface area contributed by atoms with Crippen molar-refractivity contribution in [3.8, 4) is 0 Å². The Kier molecular flexibility index (Phi) is 3.60. The van der Waals surface area contributed by atoms with Gasteiger partial charge in [0.1, 0.15) is 11.5 Å². The van der Waals surface area contributed by atoms with Crippen LogP contribution in [0, 0.1) is 17.0 Å². The van der Waals surface area contributed by atoms with Crippen molar-refractivity contribution in [1.29, 1.82) is 0 Å². The molecule has 20 heavy (non-hydrogen) atoms. The molecule has 1 amide bonds. The van der Waals surface area contributed by atoms with E-state index in [1.54, 1.807) is 31.2 Å². The number of anilines is 2. The van der Waals surface area contributed by atoms with Crippen LogP contribution in [0.25, 0.3) is 0 Å². The summed E-state index contributed by atoms with van der Waals surface area (Å²) in [7, 11) is 0. The van der Waals surface area contributed by atoms with Crippen LogP contribution in [0.15, 0.2) is 36.4 Å². The van der Waals surface area contributed by atoms with Crippen molar-refractivity contribution in [2.24, 2.45) is 0 Å². The molecule has 0 spiro atoms. The van der Waals surface area contributed by atoms with E-state index in [0.717, 1.165) is 0 Å². The predicted molar refractivity (Wildman–Crippen MR) is 74.4 cm³/mol. The number of nitrogen functional groups attached to an aromatic ring is 1. The Morgan fingerprint density at radius 3 is 2.75 bits per heavy atom. The molecule has 0 saturated carbocycles. The van der Waals surface area contributed by atoms with E-state index in [1.807, 2.05) is 0 Å². The van der Waals surface area contributed by atoms with E-state index in [-0.39, 0.29) is 17.2 Å². The number of hydrogen-bond donors (Lipinski definition) is 2. The topological polar surface area (TPSA) is 111 Å². The SMILES string of the molecule is Cc1ccc(NC(=O)c2cccc(N)n2)cc1[N+](=O)[O-]. The third kappa shape index (κ3) is 2.89. The fourth-order valence-corrected chi connectivity index (χ4v) is 1.66. The summed E-state index contributed by atoms with van der Waals surface area (Å²) in [6.45, 7) is 1.63. The average Bonchev–Trinajstić information content (AvgIpc) is 2.40. The number of nitro benzene ring substituents is 1. The fraction of sp³-hybridized carbons (Fsp3) is 0.0769. The Bertz CT molecular complexity index is 685. The van der Waals surface area contributed by atoms with Gasteiger partial charge in [-0.1, -0.05) is 12.1 Å². The van der Waals surface area contributed by atoms with Gasteiger partial charge in [-0.25, -0.2) is 4.98 Å². The first-order chi connectivity index (χ1) is 9.47. The highest BCUT2D eigenvalue weighted by Crippen LogP contribution is 2.22. The van der Waals surface area contributed by atoms with Crippen molar-refractivity contribution >= 4 is 23.1 Å². The van der Waals surface area contributed by atoms with Crippen LogP contribution in [-0.4, -0.2) is 15.8 Å². The van der Waals surface area contributed by atoms with E-state index in [0.29, 0.717) is 11.3 Å². The second-order valence-corrected chi connectivity index (χ2v) is 4.16. The summed E-state index contributed by atoms with van der Waals surface area (Å²) in [5.41, 5.74) is 6.44. The van der Waals surface area contributed by atoms with E-state index < -0.39 is 10.8 Å². The van der Waals surface area contributed by atoms with Crippen LogP contribution in [0.3, 0.4) is 0 Å². The number of nitro groups is 1. The Labute approximate surface area is 114 Å². The van der Waals surface area contributed by atoms with Crippen LogP contribution in [0.4, 0.5) is 17.2 Å². The van der Waals surface area contributed by atoms with Crippen molar-refractivity contribution in [2.45, 2.75) is 6.92 Å². The van der Waals surface area contributed by atoms with Gasteiger partial charge in [0.15, 0.2) is 0 Å². The Morgan fingerprint density at radius 1 is 1.35 bits per heavy atom. The van der Waals surface area contributed by atoms with Gasteiger partial charge in [0.2, 0.25) is 0 Å². The molecule has 0 unspecified atom stereocenters. The minimum atomic E-state index is -0.496. The van der Waals surface area contributed by atoms with Gasteiger partial charge in [-0.05, 0) is 25.1 Å². The zero-order valence-corrected chi connectivity index (χ0v) is 10.7. The quantitative estimate of drug-likeness (QED) is 0.656. The summed E-state index contributed by atoms with van der Waals surface area (Å²) in [6, 6.07) is 9.14. The molecule has 3 N–H and O–H groups in total. The zero-order valence-electron chi connectivity index (χ0n) is 10.7. The average molecular weight is 272 g/mol. The zero-order chi connectivity index (χ0) is 14.7. The highest BCUT2D eigenvalue weighted by Gasteiger charge is 2.13. The minimum absolute atomic E-state index is 0.0525. The van der Waals surface area contributed by atoms with Crippen LogP contribution in [0.5, 0.6) is 0 Å². The lowest BCUT2D eigenvalue weighted by atomic mass is 10.2. The largest absolute Gasteiger partial charge is 0.384 e. The van der Waals surface area contributed by atoms with Crippen molar-refractivity contribution in [2.75, 3.05) is 11.1 Å². The number of nitrogens with zero attached hydrogens (tertiary/aromatic N) is 2. The molecule has 0 fully saturated rings. The maximum absolute atomic E-state index is 11.9. The Hall–Kier alpha value is -2.96. The molecule has 0 radical (unpaired) electrons. The monoisotopic (exact) mass is 272 g/mol. The second kappa shape index (κ2) is 5.35. The molecule has 0 aliphatic rings. The first kappa shape index (κ1) is 13.5. The normalized spacial score (nSPS) is 10.1. The van der Waals surface area contributed by atoms with Crippen LogP contribution < -0.4 is 11.1 Å². The lowest BCUT2D eigenvalue weighted by Crippen LogP contribution is -2.14. The first-order valence-electron chi connectivity index (χ1n) is 5.76. The number of carbonyl (C=O) groups is 1. The van der Waals surface area contributed by atoms with Gasteiger partial charge in [-0.3, -0.25) is 14.9 Å². The molecular weight excluding hydrogens is 260 g/mol. The van der Waals surface area contributed by atoms with E-state index in [4.69, 9.17) is 5.73 Å². The molecule has 7 nitrogen and oxygen atoms in total. The van der Waals surface area contributed by atoms with Gasteiger partial charge < -0.3 is 11.1 Å². The number of nitrogens with two attached hydrogens (primary N) is 1. The fourth-order valence-electron chi connectivity index (χ4n) is 1.66. The lowest BCUT2D eigenvalue weighted by molar-refractivity contribution is -0.385. The Morgan fingerprint density at radius 2 is 2.10 bits per heavy atom. The van der Waals surface area contributed by atoms with E-state index >= 15 is 0 Å². The molecule has 2 rings (SSSR count). The van der Waals surface area contributed by atoms with Crippen molar-refractivity contribution in [3.63, 3.8) is 0 Å². The van der Waals surface area contributed by atoms with Crippen LogP contribution in [0.1, 0.15) is 16.1 Å².